The highest BCUT2D eigenvalue weighted by Gasteiger charge is 2.54. The van der Waals surface area contributed by atoms with Crippen LogP contribution in [0.4, 0.5) is 0 Å². The average Bonchev–Trinajstić information content (AvgIpc) is 3.50. The first-order valence-electron chi connectivity index (χ1n) is 13.6. The van der Waals surface area contributed by atoms with Crippen molar-refractivity contribution in [3.63, 3.8) is 0 Å². The lowest BCUT2D eigenvalue weighted by Crippen LogP contribution is -2.44. The molecule has 37 heavy (non-hydrogen) atoms. The van der Waals surface area contributed by atoms with E-state index in [4.69, 9.17) is 9.47 Å². The first-order chi connectivity index (χ1) is 18.1. The van der Waals surface area contributed by atoms with Gasteiger partial charge in [-0.3, -0.25) is 0 Å². The molecule has 1 aliphatic heterocycles. The molecule has 0 spiro atoms. The van der Waals surface area contributed by atoms with Gasteiger partial charge < -0.3 is 19.5 Å². The summed E-state index contributed by atoms with van der Waals surface area (Å²) in [5.74, 6) is 1.22. The molecule has 4 atom stereocenters. The van der Waals surface area contributed by atoms with Crippen LogP contribution in [0, 0.1) is 11.8 Å². The molecule has 3 aromatic rings. The van der Waals surface area contributed by atoms with Crippen molar-refractivity contribution in [1.29, 1.82) is 0 Å². The van der Waals surface area contributed by atoms with Crippen LogP contribution in [0.25, 0.3) is 0 Å². The number of carbonyl (C=O) groups is 1. The molecule has 0 radical (unpaired) electrons. The van der Waals surface area contributed by atoms with Crippen molar-refractivity contribution in [1.82, 2.24) is 4.90 Å². The number of nitrogens with zero attached hydrogens (tertiary/aromatic N) is 1. The predicted molar refractivity (Wildman–Crippen MR) is 142 cm³/mol. The summed E-state index contributed by atoms with van der Waals surface area (Å²) in [4.78, 5) is 16.3. The number of para-hydroxylation sites is 2. The van der Waals surface area contributed by atoms with Crippen molar-refractivity contribution < 1.29 is 19.4 Å². The van der Waals surface area contributed by atoms with Crippen molar-refractivity contribution in [2.24, 2.45) is 11.8 Å². The maximum Gasteiger partial charge on any atom is 0.348 e. The summed E-state index contributed by atoms with van der Waals surface area (Å²) in [5, 5.41) is 11.9. The van der Waals surface area contributed by atoms with Gasteiger partial charge in [-0.2, -0.15) is 0 Å². The second kappa shape index (κ2) is 9.96. The second-order valence-corrected chi connectivity index (χ2v) is 10.9. The summed E-state index contributed by atoms with van der Waals surface area (Å²) in [6, 6.07) is 25.5. The van der Waals surface area contributed by atoms with Crippen molar-refractivity contribution in [2.45, 2.75) is 56.3 Å². The summed E-state index contributed by atoms with van der Waals surface area (Å²) in [7, 11) is 2.22. The molecular formula is C32H35NO4. The fraction of sp³-hybridized carbons (Fsp3) is 0.406. The van der Waals surface area contributed by atoms with E-state index in [1.807, 2.05) is 24.3 Å². The second-order valence-electron chi connectivity index (χ2n) is 10.9. The Bertz CT molecular complexity index is 1210. The first kappa shape index (κ1) is 24.2. The number of unbranched alkanes of at least 4 members (excludes halogenated alkanes) is 1. The van der Waals surface area contributed by atoms with Gasteiger partial charge in [-0.05, 0) is 75.7 Å². The Morgan fingerprint density at radius 2 is 1.59 bits per heavy atom. The molecule has 2 aliphatic carbocycles. The zero-order valence-corrected chi connectivity index (χ0v) is 21.4. The van der Waals surface area contributed by atoms with Crippen LogP contribution < -0.4 is 4.74 Å². The zero-order valence-electron chi connectivity index (χ0n) is 21.4. The lowest BCUT2D eigenvalue weighted by Gasteiger charge is -2.35. The molecule has 6 rings (SSSR count). The molecule has 0 aromatic heterocycles. The molecule has 0 saturated heterocycles. The van der Waals surface area contributed by atoms with Crippen LogP contribution in [0.3, 0.4) is 0 Å². The van der Waals surface area contributed by atoms with Crippen LogP contribution >= 0.6 is 0 Å². The number of aliphatic hydroxyl groups is 1. The van der Waals surface area contributed by atoms with Crippen molar-refractivity contribution >= 4 is 5.97 Å². The van der Waals surface area contributed by atoms with Gasteiger partial charge in [0.2, 0.25) is 5.60 Å². The van der Waals surface area contributed by atoms with E-state index in [0.29, 0.717) is 40.5 Å². The maximum absolute atomic E-state index is 13.8. The van der Waals surface area contributed by atoms with Gasteiger partial charge >= 0.3 is 5.97 Å². The summed E-state index contributed by atoms with van der Waals surface area (Å²) in [6.07, 6.45) is 6.37. The van der Waals surface area contributed by atoms with Crippen LogP contribution in [0.1, 0.15) is 48.8 Å². The van der Waals surface area contributed by atoms with Crippen molar-refractivity contribution in [2.75, 3.05) is 13.6 Å². The Balaban J connectivity index is 1.13. The zero-order chi connectivity index (χ0) is 25.4. The molecule has 192 valence electrons. The Hall–Kier alpha value is -3.15. The quantitative estimate of drug-likeness (QED) is 0.320. The van der Waals surface area contributed by atoms with E-state index in [0.717, 1.165) is 32.2 Å². The van der Waals surface area contributed by atoms with Crippen LogP contribution in [-0.2, 0) is 21.6 Å². The minimum absolute atomic E-state index is 0.172. The monoisotopic (exact) mass is 497 g/mol. The fourth-order valence-corrected chi connectivity index (χ4v) is 6.96. The molecule has 1 heterocycles. The van der Waals surface area contributed by atoms with Crippen LogP contribution in [0.2, 0.25) is 0 Å². The predicted octanol–water partition coefficient (Wildman–Crippen LogP) is 5.69. The lowest BCUT2D eigenvalue weighted by atomic mass is 9.83. The van der Waals surface area contributed by atoms with E-state index >= 15 is 0 Å². The third kappa shape index (κ3) is 4.34. The highest BCUT2D eigenvalue weighted by molar-refractivity contribution is 5.88. The van der Waals surface area contributed by atoms with Crippen molar-refractivity contribution in [3.8, 4) is 11.5 Å². The lowest BCUT2D eigenvalue weighted by molar-refractivity contribution is -0.171. The number of ether oxygens (including phenoxy) is 2. The topological polar surface area (TPSA) is 59.0 Å². The third-order valence-electron chi connectivity index (χ3n) is 8.71. The van der Waals surface area contributed by atoms with E-state index in [1.165, 1.54) is 18.4 Å². The van der Waals surface area contributed by atoms with Crippen LogP contribution in [0.5, 0.6) is 11.5 Å². The molecule has 2 fully saturated rings. The Morgan fingerprint density at radius 1 is 0.946 bits per heavy atom. The van der Waals surface area contributed by atoms with E-state index in [1.54, 1.807) is 24.3 Å². The maximum atomic E-state index is 13.8. The van der Waals surface area contributed by atoms with E-state index in [9.17, 15) is 9.90 Å². The molecule has 5 nitrogen and oxygen atoms in total. The highest BCUT2D eigenvalue weighted by Crippen LogP contribution is 2.51. The van der Waals surface area contributed by atoms with Gasteiger partial charge in [-0.25, -0.2) is 4.79 Å². The molecule has 2 bridgehead atoms. The van der Waals surface area contributed by atoms with Gasteiger partial charge in [-0.1, -0.05) is 66.7 Å². The molecule has 2 unspecified atom stereocenters. The van der Waals surface area contributed by atoms with E-state index in [2.05, 4.69) is 42.3 Å². The Kier molecular flexibility index (Phi) is 6.51. The first-order valence-corrected chi connectivity index (χ1v) is 13.6. The number of rotatable bonds is 8. The number of carbonyl (C=O) groups excluding carboxylic acids is 1. The summed E-state index contributed by atoms with van der Waals surface area (Å²) in [6.45, 7) is 1.05. The van der Waals surface area contributed by atoms with E-state index < -0.39 is 11.6 Å². The molecular weight excluding hydrogens is 462 g/mol. The third-order valence-corrected chi connectivity index (χ3v) is 8.71. The summed E-state index contributed by atoms with van der Waals surface area (Å²) >= 11 is 0. The minimum atomic E-state index is -1.88. The van der Waals surface area contributed by atoms with E-state index in [-0.39, 0.29) is 6.10 Å². The Morgan fingerprint density at radius 3 is 2.30 bits per heavy atom. The van der Waals surface area contributed by atoms with Crippen molar-refractivity contribution in [3.05, 3.63) is 95.6 Å². The van der Waals surface area contributed by atoms with Gasteiger partial charge in [0, 0.05) is 23.1 Å². The van der Waals surface area contributed by atoms with Crippen LogP contribution in [0.15, 0.2) is 78.9 Å². The number of aryl methyl sites for hydroxylation is 1. The summed E-state index contributed by atoms with van der Waals surface area (Å²) < 4.78 is 12.2. The normalized spacial score (nSPS) is 24.8. The number of benzene rings is 3. The number of hydrogen-bond donors (Lipinski definition) is 1. The highest BCUT2D eigenvalue weighted by atomic mass is 16.6. The SMILES string of the molecule is CN(CCCCc1ccccc1)C1C2CC[C@@H]1[C@H](OC(=O)C1(O)c3ccccc3Oc3ccccc31)C2. The Labute approximate surface area is 219 Å². The molecule has 3 aliphatic rings. The standard InChI is InChI=1S/C32H35NO4/c1-33(20-10-9-13-22-11-3-2-4-12-22)30-23-18-19-24(30)29(21-23)37-31(34)32(35)25-14-5-7-16-27(25)36-28-17-8-6-15-26(28)32/h2-8,11-12,14-17,23-24,29-30,35H,9-10,13,18-21H2,1H3/t23?,24-,29-,30?/m1/s1. The van der Waals surface area contributed by atoms with Gasteiger partial charge in [0.1, 0.15) is 17.6 Å². The molecule has 1 N–H and O–H groups in total. The number of esters is 1. The van der Waals surface area contributed by atoms with Gasteiger partial charge in [0.15, 0.2) is 0 Å². The smallest absolute Gasteiger partial charge is 0.348 e. The molecule has 3 aromatic carbocycles. The number of hydrogen-bond acceptors (Lipinski definition) is 5. The number of fused-ring (bicyclic) bond motifs is 4. The van der Waals surface area contributed by atoms with Crippen LogP contribution in [-0.4, -0.2) is 41.7 Å². The molecule has 5 heteroatoms. The van der Waals surface area contributed by atoms with Gasteiger partial charge in [0.05, 0.1) is 0 Å². The van der Waals surface area contributed by atoms with Gasteiger partial charge in [0.25, 0.3) is 0 Å². The average molecular weight is 498 g/mol. The largest absolute Gasteiger partial charge is 0.459 e. The fourth-order valence-electron chi connectivity index (χ4n) is 6.96. The molecule has 2 saturated carbocycles. The molecule has 0 amide bonds. The minimum Gasteiger partial charge on any atom is -0.459 e. The van der Waals surface area contributed by atoms with Gasteiger partial charge in [-0.15, -0.1) is 0 Å². The summed E-state index contributed by atoms with van der Waals surface area (Å²) in [5.41, 5.74) is 0.390.